The zero-order valence-corrected chi connectivity index (χ0v) is 11.6. The number of rotatable bonds is 3. The maximum atomic E-state index is 10.9. The van der Waals surface area contributed by atoms with Crippen LogP contribution in [0.5, 0.6) is 0 Å². The topological polar surface area (TPSA) is 20.3 Å². The Labute approximate surface area is 117 Å². The first-order chi connectivity index (χ1) is 9.33. The number of benzene rings is 2. The Bertz CT molecular complexity index is 624. The molecule has 0 aromatic heterocycles. The van der Waals surface area contributed by atoms with E-state index >= 15 is 0 Å². The van der Waals surface area contributed by atoms with Crippen molar-refractivity contribution in [3.63, 3.8) is 0 Å². The van der Waals surface area contributed by atoms with Crippen molar-refractivity contribution in [3.05, 3.63) is 48.0 Å². The summed E-state index contributed by atoms with van der Waals surface area (Å²) >= 11 is 1.74. The molecule has 0 unspecified atom stereocenters. The minimum Gasteiger partial charge on any atom is -0.340 e. The maximum absolute atomic E-state index is 10.9. The van der Waals surface area contributed by atoms with Gasteiger partial charge in [0.25, 0.3) is 0 Å². The van der Waals surface area contributed by atoms with Gasteiger partial charge in [0.15, 0.2) is 0 Å². The van der Waals surface area contributed by atoms with Gasteiger partial charge >= 0.3 is 0 Å². The van der Waals surface area contributed by atoms with Crippen LogP contribution in [-0.4, -0.2) is 12.8 Å². The van der Waals surface area contributed by atoms with Gasteiger partial charge in [0, 0.05) is 21.9 Å². The molecule has 0 saturated heterocycles. The second-order valence-corrected chi connectivity index (χ2v) is 5.65. The highest BCUT2D eigenvalue weighted by Gasteiger charge is 2.22. The van der Waals surface area contributed by atoms with Crippen molar-refractivity contribution in [3.8, 4) is 0 Å². The third-order valence-corrected chi connectivity index (χ3v) is 4.35. The molecule has 0 radical (unpaired) electrons. The highest BCUT2D eigenvalue weighted by atomic mass is 32.2. The second-order valence-electron chi connectivity index (χ2n) is 4.57. The van der Waals surface area contributed by atoms with Gasteiger partial charge in [0.05, 0.1) is 11.4 Å². The smallest absolute Gasteiger partial charge is 0.150 e. The van der Waals surface area contributed by atoms with Gasteiger partial charge in [0.1, 0.15) is 6.29 Å². The Morgan fingerprint density at radius 1 is 1.11 bits per heavy atom. The van der Waals surface area contributed by atoms with Gasteiger partial charge in [-0.25, -0.2) is 0 Å². The Balaban J connectivity index is 2.13. The van der Waals surface area contributed by atoms with Crippen LogP contribution in [0.25, 0.3) is 0 Å². The normalized spacial score (nSPS) is 12.8. The van der Waals surface area contributed by atoms with Gasteiger partial charge in [-0.3, -0.25) is 4.79 Å². The molecule has 1 aliphatic rings. The lowest BCUT2D eigenvalue weighted by atomic mass is 10.1. The average molecular weight is 269 g/mol. The SMILES string of the molecule is CCCN1c2ccccc2Sc2cc(C=O)ccc21. The number of fused-ring (bicyclic) bond motifs is 2. The quantitative estimate of drug-likeness (QED) is 0.764. The number of hydrogen-bond acceptors (Lipinski definition) is 3. The van der Waals surface area contributed by atoms with Crippen molar-refractivity contribution in [2.75, 3.05) is 11.4 Å². The summed E-state index contributed by atoms with van der Waals surface area (Å²) < 4.78 is 0. The molecule has 0 aliphatic carbocycles. The van der Waals surface area contributed by atoms with Gasteiger partial charge in [0.2, 0.25) is 0 Å². The van der Waals surface area contributed by atoms with E-state index < -0.39 is 0 Å². The van der Waals surface area contributed by atoms with Gasteiger partial charge in [-0.1, -0.05) is 30.8 Å². The fourth-order valence-corrected chi connectivity index (χ4v) is 3.53. The van der Waals surface area contributed by atoms with Gasteiger partial charge in [-0.2, -0.15) is 0 Å². The van der Waals surface area contributed by atoms with E-state index in [0.717, 1.165) is 29.7 Å². The molecule has 0 saturated carbocycles. The van der Waals surface area contributed by atoms with Crippen molar-refractivity contribution in [1.82, 2.24) is 0 Å². The average Bonchev–Trinajstić information content (AvgIpc) is 2.46. The Morgan fingerprint density at radius 2 is 1.89 bits per heavy atom. The monoisotopic (exact) mass is 269 g/mol. The molecule has 0 amide bonds. The number of nitrogens with zero attached hydrogens (tertiary/aromatic N) is 1. The van der Waals surface area contributed by atoms with Crippen molar-refractivity contribution >= 4 is 29.4 Å². The number of aldehydes is 1. The fourth-order valence-electron chi connectivity index (χ4n) is 2.39. The first kappa shape index (κ1) is 12.3. The van der Waals surface area contributed by atoms with Crippen LogP contribution >= 0.6 is 11.8 Å². The molecule has 0 bridgehead atoms. The van der Waals surface area contributed by atoms with Crippen LogP contribution in [0.15, 0.2) is 52.3 Å². The van der Waals surface area contributed by atoms with Crippen LogP contribution < -0.4 is 4.90 Å². The van der Waals surface area contributed by atoms with Gasteiger partial charge < -0.3 is 4.90 Å². The van der Waals surface area contributed by atoms with Crippen LogP contribution in [-0.2, 0) is 0 Å². The van der Waals surface area contributed by atoms with Crippen LogP contribution in [0.3, 0.4) is 0 Å². The number of carbonyl (C=O) groups excluding carboxylic acids is 1. The molecule has 2 aromatic rings. The summed E-state index contributed by atoms with van der Waals surface area (Å²) in [7, 11) is 0. The molecule has 1 heterocycles. The first-order valence-corrected chi connectivity index (χ1v) is 7.29. The molecule has 3 heteroatoms. The molecule has 2 aromatic carbocycles. The number of anilines is 2. The summed E-state index contributed by atoms with van der Waals surface area (Å²) in [6, 6.07) is 14.4. The molecule has 3 rings (SSSR count). The summed E-state index contributed by atoms with van der Waals surface area (Å²) in [5, 5.41) is 0. The van der Waals surface area contributed by atoms with Crippen molar-refractivity contribution in [1.29, 1.82) is 0 Å². The molecule has 1 aliphatic heterocycles. The maximum Gasteiger partial charge on any atom is 0.150 e. The zero-order valence-electron chi connectivity index (χ0n) is 10.8. The van der Waals surface area contributed by atoms with E-state index in [-0.39, 0.29) is 0 Å². The first-order valence-electron chi connectivity index (χ1n) is 6.47. The summed E-state index contributed by atoms with van der Waals surface area (Å²) in [5.74, 6) is 0. The largest absolute Gasteiger partial charge is 0.340 e. The van der Waals surface area contributed by atoms with E-state index in [1.165, 1.54) is 16.3 Å². The fraction of sp³-hybridized carbons (Fsp3) is 0.188. The second kappa shape index (κ2) is 5.10. The molecular formula is C16H15NOS. The number of hydrogen-bond donors (Lipinski definition) is 0. The van der Waals surface area contributed by atoms with Crippen LogP contribution in [0.2, 0.25) is 0 Å². The molecule has 0 spiro atoms. The lowest BCUT2D eigenvalue weighted by Gasteiger charge is -2.32. The lowest BCUT2D eigenvalue weighted by molar-refractivity contribution is 0.112. The van der Waals surface area contributed by atoms with Gasteiger partial charge in [-0.15, -0.1) is 0 Å². The molecule has 0 fully saturated rings. The highest BCUT2D eigenvalue weighted by molar-refractivity contribution is 7.99. The third kappa shape index (κ3) is 2.15. The van der Waals surface area contributed by atoms with Crippen LogP contribution in [0, 0.1) is 0 Å². The minimum atomic E-state index is 0.738. The van der Waals surface area contributed by atoms with E-state index in [9.17, 15) is 4.79 Å². The van der Waals surface area contributed by atoms with Gasteiger partial charge in [-0.05, 0) is 36.8 Å². The van der Waals surface area contributed by atoms with E-state index in [1.807, 2.05) is 12.1 Å². The minimum absolute atomic E-state index is 0.738. The predicted molar refractivity (Wildman–Crippen MR) is 79.7 cm³/mol. The lowest BCUT2D eigenvalue weighted by Crippen LogP contribution is -2.21. The van der Waals surface area contributed by atoms with Crippen molar-refractivity contribution in [2.45, 2.75) is 23.1 Å². The zero-order chi connectivity index (χ0) is 13.2. The summed E-state index contributed by atoms with van der Waals surface area (Å²) in [6.45, 7) is 3.18. The van der Waals surface area contributed by atoms with E-state index in [0.29, 0.717) is 0 Å². The molecular weight excluding hydrogens is 254 g/mol. The highest BCUT2D eigenvalue weighted by Crippen LogP contribution is 2.48. The van der Waals surface area contributed by atoms with E-state index in [4.69, 9.17) is 0 Å². The summed E-state index contributed by atoms with van der Waals surface area (Å²) in [4.78, 5) is 15.7. The standard InChI is InChI=1S/C16H15NOS/c1-2-9-17-13-5-3-4-6-15(13)19-16-10-12(11-18)7-8-14(16)17/h3-8,10-11H,2,9H2,1H3. The Hall–Kier alpha value is -1.74. The molecule has 2 nitrogen and oxygen atoms in total. The van der Waals surface area contributed by atoms with Crippen LogP contribution in [0.4, 0.5) is 11.4 Å². The molecule has 19 heavy (non-hydrogen) atoms. The summed E-state index contributed by atoms with van der Waals surface area (Å²) in [5.41, 5.74) is 3.21. The van der Waals surface area contributed by atoms with E-state index in [2.05, 4.69) is 42.2 Å². The molecule has 96 valence electrons. The predicted octanol–water partition coefficient (Wildman–Crippen LogP) is 4.51. The van der Waals surface area contributed by atoms with Crippen LogP contribution in [0.1, 0.15) is 23.7 Å². The van der Waals surface area contributed by atoms with Crippen molar-refractivity contribution < 1.29 is 4.79 Å². The Morgan fingerprint density at radius 3 is 2.68 bits per heavy atom. The Kier molecular flexibility index (Phi) is 3.30. The van der Waals surface area contributed by atoms with Crippen molar-refractivity contribution in [2.24, 2.45) is 0 Å². The summed E-state index contributed by atoms with van der Waals surface area (Å²) in [6.07, 6.45) is 2.00. The molecule has 0 atom stereocenters. The third-order valence-electron chi connectivity index (χ3n) is 3.23. The van der Waals surface area contributed by atoms with E-state index in [1.54, 1.807) is 11.8 Å². The molecule has 0 N–H and O–H groups in total. The number of carbonyl (C=O) groups is 1. The number of para-hydroxylation sites is 1.